The molecule has 0 bridgehead atoms. The van der Waals surface area contributed by atoms with Gasteiger partial charge in [0.1, 0.15) is 10.4 Å². The first kappa shape index (κ1) is 19.0. The van der Waals surface area contributed by atoms with E-state index in [1.54, 1.807) is 7.11 Å². The molecule has 0 radical (unpaired) electrons. The third-order valence-electron chi connectivity index (χ3n) is 4.94. The van der Waals surface area contributed by atoms with Crippen LogP contribution in [0.3, 0.4) is 0 Å². The van der Waals surface area contributed by atoms with E-state index in [1.165, 1.54) is 11.3 Å². The molecule has 4 nitrogen and oxygen atoms in total. The number of aromatic amines is 1. The molecular weight excluding hydrogens is 392 g/mol. The molecule has 0 aliphatic rings. The normalized spacial score (nSPS) is 11.4. The van der Waals surface area contributed by atoms with Crippen molar-refractivity contribution in [3.05, 3.63) is 62.7 Å². The van der Waals surface area contributed by atoms with Crippen molar-refractivity contribution in [3.8, 4) is 16.9 Å². The number of fused-ring (bicyclic) bond motifs is 3. The molecule has 28 heavy (non-hydrogen) atoms. The number of hydrogen-bond acceptors (Lipinski definition) is 4. The molecule has 0 amide bonds. The van der Waals surface area contributed by atoms with Gasteiger partial charge in [-0.15, -0.1) is 11.3 Å². The van der Waals surface area contributed by atoms with Crippen molar-refractivity contribution in [2.24, 2.45) is 0 Å². The van der Waals surface area contributed by atoms with E-state index in [0.29, 0.717) is 0 Å². The molecule has 0 fully saturated rings. The van der Waals surface area contributed by atoms with Crippen LogP contribution in [0.2, 0.25) is 5.02 Å². The highest BCUT2D eigenvalue weighted by Gasteiger charge is 2.17. The molecule has 0 atom stereocenters. The van der Waals surface area contributed by atoms with Crippen LogP contribution in [-0.4, -0.2) is 25.2 Å². The maximum Gasteiger partial charge on any atom is 0.266 e. The highest BCUT2D eigenvalue weighted by atomic mass is 35.5. The van der Waals surface area contributed by atoms with E-state index in [1.807, 2.05) is 29.6 Å². The number of aromatic nitrogens is 1. The molecule has 2 heterocycles. The lowest BCUT2D eigenvalue weighted by molar-refractivity contribution is 0.417. The van der Waals surface area contributed by atoms with E-state index in [4.69, 9.17) is 16.3 Å². The highest BCUT2D eigenvalue weighted by molar-refractivity contribution is 7.17. The number of benzene rings is 2. The molecule has 4 aromatic rings. The molecule has 0 aliphatic carbocycles. The fourth-order valence-electron chi connectivity index (χ4n) is 3.59. The number of methoxy groups -OCH3 is 1. The van der Waals surface area contributed by atoms with Crippen LogP contribution in [0.4, 0.5) is 0 Å². The summed E-state index contributed by atoms with van der Waals surface area (Å²) in [5.41, 5.74) is 3.75. The summed E-state index contributed by atoms with van der Waals surface area (Å²) in [6.45, 7) is 3.93. The van der Waals surface area contributed by atoms with E-state index in [-0.39, 0.29) is 5.56 Å². The lowest BCUT2D eigenvalue weighted by atomic mass is 9.96. The summed E-state index contributed by atoms with van der Waals surface area (Å²) < 4.78 is 6.39. The third-order valence-corrected chi connectivity index (χ3v) is 6.20. The van der Waals surface area contributed by atoms with Gasteiger partial charge in [0.2, 0.25) is 0 Å². The van der Waals surface area contributed by atoms with Gasteiger partial charge in [0.15, 0.2) is 0 Å². The van der Waals surface area contributed by atoms with Crippen molar-refractivity contribution >= 4 is 43.9 Å². The SMILES string of the molecule is CCNCCc1ccc(-c2c(OC)ccc3[nH]c(=O)c4sccc4c23)cc1Cl. The molecule has 0 saturated carbocycles. The van der Waals surface area contributed by atoms with Gasteiger partial charge in [-0.05, 0) is 60.3 Å². The molecule has 2 N–H and O–H groups in total. The van der Waals surface area contributed by atoms with Crippen molar-refractivity contribution in [1.29, 1.82) is 0 Å². The third kappa shape index (κ3) is 3.30. The first-order chi connectivity index (χ1) is 13.6. The number of H-pyrrole nitrogens is 1. The minimum atomic E-state index is -0.0644. The second kappa shape index (κ2) is 7.95. The molecule has 0 aliphatic heterocycles. The van der Waals surface area contributed by atoms with Gasteiger partial charge in [0.05, 0.1) is 7.11 Å². The Hall–Kier alpha value is -2.34. The number of thiophene rings is 1. The number of likely N-dealkylation sites (N-methyl/N-ethyl adjacent to an activating group) is 1. The zero-order valence-electron chi connectivity index (χ0n) is 15.8. The molecule has 4 rings (SSSR count). The van der Waals surface area contributed by atoms with Crippen molar-refractivity contribution < 1.29 is 4.74 Å². The van der Waals surface area contributed by atoms with E-state index in [9.17, 15) is 4.79 Å². The van der Waals surface area contributed by atoms with Gasteiger partial charge in [-0.1, -0.05) is 30.7 Å². The van der Waals surface area contributed by atoms with Crippen LogP contribution in [0.5, 0.6) is 5.75 Å². The van der Waals surface area contributed by atoms with Gasteiger partial charge in [0.25, 0.3) is 5.56 Å². The number of halogens is 1. The average molecular weight is 413 g/mol. The Morgan fingerprint density at radius 2 is 2.07 bits per heavy atom. The minimum Gasteiger partial charge on any atom is -0.496 e. The van der Waals surface area contributed by atoms with Crippen LogP contribution >= 0.6 is 22.9 Å². The Bertz CT molecular complexity index is 1210. The van der Waals surface area contributed by atoms with Gasteiger partial charge in [-0.25, -0.2) is 0 Å². The quantitative estimate of drug-likeness (QED) is 0.426. The number of pyridine rings is 1. The van der Waals surface area contributed by atoms with Gasteiger partial charge >= 0.3 is 0 Å². The Balaban J connectivity index is 1.94. The van der Waals surface area contributed by atoms with Gasteiger partial charge in [0, 0.05) is 26.9 Å². The van der Waals surface area contributed by atoms with E-state index in [0.717, 1.165) is 68.0 Å². The molecule has 0 saturated heterocycles. The number of hydrogen-bond donors (Lipinski definition) is 2. The molecule has 2 aromatic carbocycles. The predicted molar refractivity (Wildman–Crippen MR) is 119 cm³/mol. The van der Waals surface area contributed by atoms with Crippen molar-refractivity contribution in [1.82, 2.24) is 10.3 Å². The Kier molecular flexibility index (Phi) is 5.40. The number of ether oxygens (including phenoxy) is 1. The Morgan fingerprint density at radius 1 is 1.21 bits per heavy atom. The lowest BCUT2D eigenvalue weighted by Gasteiger charge is -2.15. The highest BCUT2D eigenvalue weighted by Crippen LogP contribution is 2.41. The minimum absolute atomic E-state index is 0.0644. The molecule has 6 heteroatoms. The van der Waals surface area contributed by atoms with E-state index in [2.05, 4.69) is 29.4 Å². The summed E-state index contributed by atoms with van der Waals surface area (Å²) in [6.07, 6.45) is 0.877. The van der Waals surface area contributed by atoms with Crippen molar-refractivity contribution in [2.75, 3.05) is 20.2 Å². The van der Waals surface area contributed by atoms with Gasteiger partial charge in [-0.3, -0.25) is 4.79 Å². The zero-order valence-corrected chi connectivity index (χ0v) is 17.3. The predicted octanol–water partition coefficient (Wildman–Crippen LogP) is 5.22. The molecule has 0 spiro atoms. The largest absolute Gasteiger partial charge is 0.496 e. The summed E-state index contributed by atoms with van der Waals surface area (Å²) in [5, 5.41) is 7.92. The van der Waals surface area contributed by atoms with E-state index < -0.39 is 0 Å². The maximum absolute atomic E-state index is 12.4. The zero-order chi connectivity index (χ0) is 19.7. The fraction of sp³-hybridized carbons (Fsp3) is 0.227. The summed E-state index contributed by atoms with van der Waals surface area (Å²) in [6, 6.07) is 11.9. The van der Waals surface area contributed by atoms with Crippen LogP contribution in [-0.2, 0) is 6.42 Å². The summed E-state index contributed by atoms with van der Waals surface area (Å²) in [7, 11) is 1.66. The Labute approximate surface area is 172 Å². The Morgan fingerprint density at radius 3 is 2.82 bits per heavy atom. The standard InChI is InChI=1S/C22H21ClN2O2S/c1-3-24-10-8-13-4-5-14(12-16(13)23)19-18(27-2)7-6-17-20(19)15-9-11-28-21(15)22(26)25-17/h4-7,9,11-12,24H,3,8,10H2,1-2H3,(H,25,26). The van der Waals surface area contributed by atoms with Crippen LogP contribution in [0, 0.1) is 0 Å². The van der Waals surface area contributed by atoms with Crippen LogP contribution in [0.25, 0.3) is 32.1 Å². The fourth-order valence-corrected chi connectivity index (χ4v) is 4.66. The summed E-state index contributed by atoms with van der Waals surface area (Å²) in [4.78, 5) is 15.4. The van der Waals surface area contributed by atoms with Crippen molar-refractivity contribution in [3.63, 3.8) is 0 Å². The first-order valence-corrected chi connectivity index (χ1v) is 10.5. The van der Waals surface area contributed by atoms with Crippen molar-refractivity contribution in [2.45, 2.75) is 13.3 Å². The van der Waals surface area contributed by atoms with Crippen LogP contribution < -0.4 is 15.6 Å². The number of rotatable bonds is 6. The van der Waals surface area contributed by atoms with Gasteiger partial charge in [-0.2, -0.15) is 0 Å². The topological polar surface area (TPSA) is 54.1 Å². The smallest absolute Gasteiger partial charge is 0.266 e. The second-order valence-corrected chi connectivity index (χ2v) is 7.92. The monoisotopic (exact) mass is 412 g/mol. The average Bonchev–Trinajstić information content (AvgIpc) is 3.19. The number of nitrogens with one attached hydrogen (secondary N) is 2. The van der Waals surface area contributed by atoms with Crippen LogP contribution in [0.1, 0.15) is 12.5 Å². The molecule has 0 unspecified atom stereocenters. The second-order valence-electron chi connectivity index (χ2n) is 6.59. The summed E-state index contributed by atoms with van der Waals surface area (Å²) >= 11 is 8.05. The maximum atomic E-state index is 12.4. The summed E-state index contributed by atoms with van der Waals surface area (Å²) in [5.74, 6) is 0.753. The van der Waals surface area contributed by atoms with E-state index >= 15 is 0 Å². The van der Waals surface area contributed by atoms with Crippen LogP contribution in [0.15, 0.2) is 46.6 Å². The molecule has 2 aromatic heterocycles. The first-order valence-electron chi connectivity index (χ1n) is 9.23. The molecule has 144 valence electrons. The lowest BCUT2D eigenvalue weighted by Crippen LogP contribution is -2.16. The van der Waals surface area contributed by atoms with Gasteiger partial charge < -0.3 is 15.0 Å². The molecular formula is C22H21ClN2O2S.